The average molecular weight is 312 g/mol. The Morgan fingerprint density at radius 1 is 1.29 bits per heavy atom. The molecule has 5 heteroatoms. The first kappa shape index (κ1) is 18.0. The second-order valence-electron chi connectivity index (χ2n) is 6.38. The van der Waals surface area contributed by atoms with Crippen LogP contribution >= 0.6 is 12.4 Å². The van der Waals surface area contributed by atoms with Gasteiger partial charge in [0.25, 0.3) is 5.91 Å². The van der Waals surface area contributed by atoms with Crippen LogP contribution in [0.25, 0.3) is 0 Å². The van der Waals surface area contributed by atoms with Crippen LogP contribution in [0.15, 0.2) is 30.3 Å². The highest BCUT2D eigenvalue weighted by Gasteiger charge is 2.24. The van der Waals surface area contributed by atoms with E-state index in [0.29, 0.717) is 0 Å². The standard InChI is InChI=1S/C16H25N3O.ClH/c1-16(2,17)12-19-10-8-14(9-11-19)18-15(20)13-6-4-3-5-7-13;/h3-7,14H,8-12,17H2,1-2H3,(H,18,20);1H. The first-order chi connectivity index (χ1) is 9.44. The molecule has 0 unspecified atom stereocenters. The van der Waals surface area contributed by atoms with Crippen LogP contribution in [0.4, 0.5) is 0 Å². The molecule has 0 radical (unpaired) electrons. The Bertz CT molecular complexity index is 437. The van der Waals surface area contributed by atoms with Crippen molar-refractivity contribution < 1.29 is 4.79 Å². The molecule has 0 aromatic heterocycles. The van der Waals surface area contributed by atoms with E-state index in [1.165, 1.54) is 0 Å². The van der Waals surface area contributed by atoms with Crippen molar-refractivity contribution in [1.82, 2.24) is 10.2 Å². The predicted octanol–water partition coefficient (Wildman–Crippen LogP) is 2.04. The number of rotatable bonds is 4. The molecule has 1 aromatic rings. The molecular weight excluding hydrogens is 286 g/mol. The van der Waals surface area contributed by atoms with Gasteiger partial charge in [-0.25, -0.2) is 0 Å². The number of nitrogens with zero attached hydrogens (tertiary/aromatic N) is 1. The summed E-state index contributed by atoms with van der Waals surface area (Å²) < 4.78 is 0. The molecule has 0 aliphatic carbocycles. The fourth-order valence-corrected chi connectivity index (χ4v) is 2.67. The van der Waals surface area contributed by atoms with E-state index in [2.05, 4.69) is 24.1 Å². The number of carbonyl (C=O) groups excluding carboxylic acids is 1. The summed E-state index contributed by atoms with van der Waals surface area (Å²) in [5.41, 5.74) is 6.63. The van der Waals surface area contributed by atoms with Gasteiger partial charge in [0.1, 0.15) is 0 Å². The smallest absolute Gasteiger partial charge is 0.251 e. The zero-order valence-electron chi connectivity index (χ0n) is 12.8. The number of hydrogen-bond acceptors (Lipinski definition) is 3. The molecule has 0 atom stereocenters. The molecule has 21 heavy (non-hydrogen) atoms. The number of amides is 1. The normalized spacial score (nSPS) is 17.1. The lowest BCUT2D eigenvalue weighted by Crippen LogP contribution is -2.51. The third-order valence-electron chi connectivity index (χ3n) is 3.59. The topological polar surface area (TPSA) is 58.4 Å². The van der Waals surface area contributed by atoms with E-state index in [0.717, 1.165) is 38.0 Å². The third kappa shape index (κ3) is 6.04. The van der Waals surface area contributed by atoms with E-state index in [4.69, 9.17) is 5.73 Å². The van der Waals surface area contributed by atoms with Gasteiger partial charge >= 0.3 is 0 Å². The summed E-state index contributed by atoms with van der Waals surface area (Å²) >= 11 is 0. The molecular formula is C16H26ClN3O. The molecule has 2 rings (SSSR count). The lowest BCUT2D eigenvalue weighted by atomic mass is 10.0. The lowest BCUT2D eigenvalue weighted by molar-refractivity contribution is 0.0904. The Hall–Kier alpha value is -1.10. The number of benzene rings is 1. The zero-order valence-corrected chi connectivity index (χ0v) is 13.7. The molecule has 1 fully saturated rings. The van der Waals surface area contributed by atoms with Gasteiger partial charge in [-0.15, -0.1) is 12.4 Å². The van der Waals surface area contributed by atoms with Gasteiger partial charge in [-0.1, -0.05) is 18.2 Å². The van der Waals surface area contributed by atoms with Crippen molar-refractivity contribution in [3.63, 3.8) is 0 Å². The second kappa shape index (κ2) is 7.78. The molecule has 3 N–H and O–H groups in total. The van der Waals surface area contributed by atoms with E-state index in [-0.39, 0.29) is 29.9 Å². The molecule has 1 heterocycles. The maximum atomic E-state index is 12.1. The molecule has 1 amide bonds. The van der Waals surface area contributed by atoms with Gasteiger partial charge in [0.15, 0.2) is 0 Å². The molecule has 4 nitrogen and oxygen atoms in total. The maximum Gasteiger partial charge on any atom is 0.251 e. The monoisotopic (exact) mass is 311 g/mol. The minimum atomic E-state index is -0.153. The van der Waals surface area contributed by atoms with E-state index in [9.17, 15) is 4.79 Å². The molecule has 1 aliphatic rings. The molecule has 1 aliphatic heterocycles. The SMILES string of the molecule is CC(C)(N)CN1CCC(NC(=O)c2ccccc2)CC1.Cl. The second-order valence-corrected chi connectivity index (χ2v) is 6.38. The van der Waals surface area contributed by atoms with Gasteiger partial charge in [-0.2, -0.15) is 0 Å². The van der Waals surface area contributed by atoms with Gasteiger partial charge in [0, 0.05) is 36.8 Å². The summed E-state index contributed by atoms with van der Waals surface area (Å²) in [7, 11) is 0. The summed E-state index contributed by atoms with van der Waals surface area (Å²) in [6.07, 6.45) is 1.99. The molecule has 1 aromatic carbocycles. The van der Waals surface area contributed by atoms with Crippen molar-refractivity contribution in [1.29, 1.82) is 0 Å². The van der Waals surface area contributed by atoms with Crippen LogP contribution in [0, 0.1) is 0 Å². The predicted molar refractivity (Wildman–Crippen MR) is 88.9 cm³/mol. The van der Waals surface area contributed by atoms with E-state index < -0.39 is 0 Å². The highest BCUT2D eigenvalue weighted by molar-refractivity contribution is 5.94. The fourth-order valence-electron chi connectivity index (χ4n) is 2.67. The lowest BCUT2D eigenvalue weighted by Gasteiger charge is -2.36. The van der Waals surface area contributed by atoms with Crippen LogP contribution in [0.1, 0.15) is 37.0 Å². The molecule has 0 bridgehead atoms. The van der Waals surface area contributed by atoms with Gasteiger partial charge in [-0.3, -0.25) is 4.79 Å². The Morgan fingerprint density at radius 3 is 2.38 bits per heavy atom. The fraction of sp³-hybridized carbons (Fsp3) is 0.562. The van der Waals surface area contributed by atoms with Gasteiger partial charge in [-0.05, 0) is 38.8 Å². The zero-order chi connectivity index (χ0) is 14.6. The number of carbonyl (C=O) groups is 1. The molecule has 1 saturated heterocycles. The molecule has 0 saturated carbocycles. The summed E-state index contributed by atoms with van der Waals surface area (Å²) in [4.78, 5) is 14.5. The van der Waals surface area contributed by atoms with Crippen LogP contribution in [0.5, 0.6) is 0 Å². The molecule has 118 valence electrons. The van der Waals surface area contributed by atoms with Crippen molar-refractivity contribution in [2.45, 2.75) is 38.3 Å². The van der Waals surface area contributed by atoms with E-state index in [1.807, 2.05) is 30.3 Å². The third-order valence-corrected chi connectivity index (χ3v) is 3.59. The first-order valence-corrected chi connectivity index (χ1v) is 7.31. The van der Waals surface area contributed by atoms with Crippen LogP contribution in [-0.4, -0.2) is 42.0 Å². The van der Waals surface area contributed by atoms with Crippen LogP contribution in [0.3, 0.4) is 0 Å². The number of nitrogens with one attached hydrogen (secondary N) is 1. The van der Waals surface area contributed by atoms with Crippen molar-refractivity contribution in [2.75, 3.05) is 19.6 Å². The summed E-state index contributed by atoms with van der Waals surface area (Å²) in [6.45, 7) is 7.01. The Labute approximate surface area is 133 Å². The van der Waals surface area contributed by atoms with E-state index in [1.54, 1.807) is 0 Å². The quantitative estimate of drug-likeness (QED) is 0.894. The van der Waals surface area contributed by atoms with Crippen LogP contribution < -0.4 is 11.1 Å². The number of nitrogens with two attached hydrogens (primary N) is 1. The number of hydrogen-bond donors (Lipinski definition) is 2. The van der Waals surface area contributed by atoms with Gasteiger partial charge in [0.05, 0.1) is 0 Å². The summed E-state index contributed by atoms with van der Waals surface area (Å²) in [5, 5.41) is 3.12. The minimum absolute atomic E-state index is 0. The number of piperidine rings is 1. The summed E-state index contributed by atoms with van der Waals surface area (Å²) in [6, 6.07) is 9.67. The largest absolute Gasteiger partial charge is 0.349 e. The van der Waals surface area contributed by atoms with Crippen LogP contribution in [-0.2, 0) is 0 Å². The average Bonchev–Trinajstić information content (AvgIpc) is 2.40. The van der Waals surface area contributed by atoms with Gasteiger partial charge in [0.2, 0.25) is 0 Å². The Kier molecular flexibility index (Phi) is 6.65. The van der Waals surface area contributed by atoms with E-state index >= 15 is 0 Å². The number of halogens is 1. The van der Waals surface area contributed by atoms with Crippen molar-refractivity contribution in [3.8, 4) is 0 Å². The van der Waals surface area contributed by atoms with Crippen molar-refractivity contribution in [2.24, 2.45) is 5.73 Å². The maximum absolute atomic E-state index is 12.1. The van der Waals surface area contributed by atoms with Gasteiger partial charge < -0.3 is 16.0 Å². The first-order valence-electron chi connectivity index (χ1n) is 7.31. The Morgan fingerprint density at radius 2 is 1.86 bits per heavy atom. The number of likely N-dealkylation sites (tertiary alicyclic amines) is 1. The Balaban J connectivity index is 0.00000220. The minimum Gasteiger partial charge on any atom is -0.349 e. The molecule has 0 spiro atoms. The van der Waals surface area contributed by atoms with Crippen molar-refractivity contribution in [3.05, 3.63) is 35.9 Å². The highest BCUT2D eigenvalue weighted by Crippen LogP contribution is 2.13. The summed E-state index contributed by atoms with van der Waals surface area (Å²) in [5.74, 6) is 0.0307. The van der Waals surface area contributed by atoms with Crippen molar-refractivity contribution >= 4 is 18.3 Å². The van der Waals surface area contributed by atoms with Crippen LogP contribution in [0.2, 0.25) is 0 Å². The highest BCUT2D eigenvalue weighted by atomic mass is 35.5.